The smallest absolute Gasteiger partial charge is 0.332 e. The summed E-state index contributed by atoms with van der Waals surface area (Å²) in [5, 5.41) is 14.6. The highest BCUT2D eigenvalue weighted by atomic mass is 16.5. The van der Waals surface area contributed by atoms with Crippen molar-refractivity contribution >= 4 is 11.9 Å². The van der Waals surface area contributed by atoms with Crippen LogP contribution in [0.3, 0.4) is 0 Å². The summed E-state index contributed by atoms with van der Waals surface area (Å²) in [6.45, 7) is 4.39. The maximum atomic E-state index is 11.6. The summed E-state index contributed by atoms with van der Waals surface area (Å²) in [6, 6.07) is 0. The van der Waals surface area contributed by atoms with Gasteiger partial charge in [-0.05, 0) is 32.4 Å². The Morgan fingerprint density at radius 3 is 2.59 bits per heavy atom. The van der Waals surface area contributed by atoms with Gasteiger partial charge in [0.15, 0.2) is 6.10 Å². The Labute approximate surface area is 101 Å². The first-order chi connectivity index (χ1) is 8.15. The molecule has 1 saturated heterocycles. The highest BCUT2D eigenvalue weighted by Gasteiger charge is 2.34. The van der Waals surface area contributed by atoms with Gasteiger partial charge in [0.25, 0.3) is 0 Å². The van der Waals surface area contributed by atoms with Crippen LogP contribution in [0.1, 0.15) is 26.2 Å². The zero-order valence-electron chi connectivity index (χ0n) is 10.1. The van der Waals surface area contributed by atoms with Gasteiger partial charge in [-0.25, -0.2) is 4.79 Å². The number of amides is 1. The third-order valence-corrected chi connectivity index (χ3v) is 2.67. The minimum absolute atomic E-state index is 0.203. The van der Waals surface area contributed by atoms with Crippen LogP contribution < -0.4 is 10.6 Å². The van der Waals surface area contributed by atoms with Crippen LogP contribution in [0.2, 0.25) is 0 Å². The zero-order chi connectivity index (χ0) is 12.7. The Morgan fingerprint density at radius 1 is 1.29 bits per heavy atom. The topological polar surface area (TPSA) is 87.7 Å². The first kappa shape index (κ1) is 13.9. The van der Waals surface area contributed by atoms with E-state index < -0.39 is 18.2 Å². The average Bonchev–Trinajstić information content (AvgIpc) is 2.78. The minimum Gasteiger partial charge on any atom is -0.479 e. The molecule has 0 aromatic carbocycles. The fourth-order valence-corrected chi connectivity index (χ4v) is 1.73. The second-order valence-electron chi connectivity index (χ2n) is 4.03. The standard InChI is InChI=1S/C11H20N2O4/c1-2-12-6-3-7-13-10(14)8-4-5-9(17-8)11(15)16/h8-9,12H,2-7H2,1H3,(H,13,14)(H,15,16)/t8-,9+/m0/s1. The molecule has 0 saturated carbocycles. The van der Waals surface area contributed by atoms with Crippen molar-refractivity contribution in [3.05, 3.63) is 0 Å². The normalized spacial score (nSPS) is 23.6. The Balaban J connectivity index is 2.14. The number of rotatable bonds is 7. The molecule has 0 aromatic heterocycles. The van der Waals surface area contributed by atoms with E-state index in [0.717, 1.165) is 19.5 Å². The maximum Gasteiger partial charge on any atom is 0.332 e. The van der Waals surface area contributed by atoms with E-state index in [9.17, 15) is 9.59 Å². The number of hydrogen-bond acceptors (Lipinski definition) is 4. The summed E-state index contributed by atoms with van der Waals surface area (Å²) < 4.78 is 5.14. The lowest BCUT2D eigenvalue weighted by atomic mass is 10.2. The summed E-state index contributed by atoms with van der Waals surface area (Å²) in [7, 11) is 0. The number of nitrogens with one attached hydrogen (secondary N) is 2. The molecule has 1 amide bonds. The summed E-state index contributed by atoms with van der Waals surface area (Å²) in [4.78, 5) is 22.2. The molecule has 0 aromatic rings. The quantitative estimate of drug-likeness (QED) is 0.537. The van der Waals surface area contributed by atoms with Crippen molar-refractivity contribution in [3.8, 4) is 0 Å². The van der Waals surface area contributed by atoms with Crippen molar-refractivity contribution in [1.29, 1.82) is 0 Å². The van der Waals surface area contributed by atoms with Gasteiger partial charge in [0.2, 0.25) is 5.91 Å². The number of ether oxygens (including phenoxy) is 1. The summed E-state index contributed by atoms with van der Waals surface area (Å²) >= 11 is 0. The van der Waals surface area contributed by atoms with E-state index in [1.807, 2.05) is 6.92 Å². The van der Waals surface area contributed by atoms with Crippen LogP contribution in [-0.2, 0) is 14.3 Å². The fourth-order valence-electron chi connectivity index (χ4n) is 1.73. The Bertz CT molecular complexity index is 270. The third kappa shape index (κ3) is 4.70. The Morgan fingerprint density at radius 2 is 2.00 bits per heavy atom. The molecule has 1 aliphatic rings. The predicted molar refractivity (Wildman–Crippen MR) is 61.7 cm³/mol. The van der Waals surface area contributed by atoms with Crippen LogP contribution in [-0.4, -0.2) is 48.8 Å². The van der Waals surface area contributed by atoms with Crippen LogP contribution in [0.4, 0.5) is 0 Å². The van der Waals surface area contributed by atoms with Crippen molar-refractivity contribution in [2.24, 2.45) is 0 Å². The van der Waals surface area contributed by atoms with Gasteiger partial charge >= 0.3 is 5.97 Å². The number of carboxylic acids is 1. The minimum atomic E-state index is -0.993. The molecule has 6 heteroatoms. The first-order valence-corrected chi connectivity index (χ1v) is 6.01. The molecule has 0 bridgehead atoms. The van der Waals surface area contributed by atoms with Crippen LogP contribution in [0.15, 0.2) is 0 Å². The van der Waals surface area contributed by atoms with Gasteiger partial charge in [-0.15, -0.1) is 0 Å². The predicted octanol–water partition coefficient (Wildman–Crippen LogP) is -0.266. The molecule has 6 nitrogen and oxygen atoms in total. The molecule has 1 heterocycles. The van der Waals surface area contributed by atoms with Crippen LogP contribution in [0.25, 0.3) is 0 Å². The molecule has 0 unspecified atom stereocenters. The van der Waals surface area contributed by atoms with Crippen LogP contribution in [0.5, 0.6) is 0 Å². The molecule has 0 spiro atoms. The third-order valence-electron chi connectivity index (χ3n) is 2.67. The fraction of sp³-hybridized carbons (Fsp3) is 0.818. The molecule has 0 aliphatic carbocycles. The van der Waals surface area contributed by atoms with Gasteiger partial charge in [-0.2, -0.15) is 0 Å². The van der Waals surface area contributed by atoms with Gasteiger partial charge in [0.05, 0.1) is 0 Å². The number of carbonyl (C=O) groups excluding carboxylic acids is 1. The highest BCUT2D eigenvalue weighted by molar-refractivity contribution is 5.82. The van der Waals surface area contributed by atoms with E-state index in [0.29, 0.717) is 19.4 Å². The first-order valence-electron chi connectivity index (χ1n) is 6.01. The summed E-state index contributed by atoms with van der Waals surface area (Å²) in [5.74, 6) is -1.20. The van der Waals surface area contributed by atoms with Crippen LogP contribution in [0, 0.1) is 0 Å². The van der Waals surface area contributed by atoms with Gasteiger partial charge in [0, 0.05) is 6.54 Å². The molecular weight excluding hydrogens is 224 g/mol. The molecule has 1 fully saturated rings. The van der Waals surface area contributed by atoms with Gasteiger partial charge in [-0.3, -0.25) is 4.79 Å². The van der Waals surface area contributed by atoms with E-state index >= 15 is 0 Å². The molecule has 17 heavy (non-hydrogen) atoms. The van der Waals surface area contributed by atoms with Gasteiger partial charge < -0.3 is 20.5 Å². The van der Waals surface area contributed by atoms with Crippen molar-refractivity contribution < 1.29 is 19.4 Å². The number of aliphatic carboxylic acids is 1. The number of carboxylic acid groups (broad SMARTS) is 1. The second kappa shape index (κ2) is 7.24. The molecular formula is C11H20N2O4. The van der Waals surface area contributed by atoms with Crippen molar-refractivity contribution in [2.45, 2.75) is 38.4 Å². The molecule has 1 rings (SSSR count). The molecule has 2 atom stereocenters. The van der Waals surface area contributed by atoms with Crippen molar-refractivity contribution in [3.63, 3.8) is 0 Å². The van der Waals surface area contributed by atoms with Gasteiger partial charge in [0.1, 0.15) is 6.10 Å². The summed E-state index contributed by atoms with van der Waals surface area (Å²) in [5.41, 5.74) is 0. The molecule has 1 aliphatic heterocycles. The van der Waals surface area contributed by atoms with E-state index in [4.69, 9.17) is 9.84 Å². The Kier molecular flexibility index (Phi) is 5.93. The lowest BCUT2D eigenvalue weighted by molar-refractivity contribution is -0.151. The van der Waals surface area contributed by atoms with Crippen molar-refractivity contribution in [2.75, 3.05) is 19.6 Å². The largest absolute Gasteiger partial charge is 0.479 e. The van der Waals surface area contributed by atoms with Crippen LogP contribution >= 0.6 is 0 Å². The molecule has 0 radical (unpaired) electrons. The number of carbonyl (C=O) groups is 2. The Hall–Kier alpha value is -1.14. The SMILES string of the molecule is CCNCCCNC(=O)[C@@H]1CC[C@H](C(=O)O)O1. The lowest BCUT2D eigenvalue weighted by Crippen LogP contribution is -2.36. The molecule has 98 valence electrons. The average molecular weight is 244 g/mol. The van der Waals surface area contributed by atoms with Crippen molar-refractivity contribution in [1.82, 2.24) is 10.6 Å². The van der Waals surface area contributed by atoms with E-state index in [-0.39, 0.29) is 5.91 Å². The van der Waals surface area contributed by atoms with E-state index in [2.05, 4.69) is 10.6 Å². The van der Waals surface area contributed by atoms with E-state index in [1.54, 1.807) is 0 Å². The maximum absolute atomic E-state index is 11.6. The van der Waals surface area contributed by atoms with E-state index in [1.165, 1.54) is 0 Å². The summed E-state index contributed by atoms with van der Waals surface area (Å²) in [6.07, 6.45) is 0.317. The second-order valence-corrected chi connectivity index (χ2v) is 4.03. The lowest BCUT2D eigenvalue weighted by Gasteiger charge is -2.11. The van der Waals surface area contributed by atoms with Gasteiger partial charge in [-0.1, -0.05) is 6.92 Å². The number of hydrogen-bond donors (Lipinski definition) is 3. The monoisotopic (exact) mass is 244 g/mol. The zero-order valence-corrected chi connectivity index (χ0v) is 10.1. The highest BCUT2D eigenvalue weighted by Crippen LogP contribution is 2.19. The molecule has 3 N–H and O–H groups in total.